The van der Waals surface area contributed by atoms with Crippen LogP contribution < -0.4 is 26.6 Å². The molecule has 0 atom stereocenters. The quantitative estimate of drug-likeness (QED) is 0.345. The molecule has 1 heterocycles. The highest BCUT2D eigenvalue weighted by Gasteiger charge is 2.15. The number of ether oxygens (including phenoxy) is 1. The minimum Gasteiger partial charge on any atom is -0.497 e. The number of hydrogen-bond acceptors (Lipinski definition) is 5. The topological polar surface area (TPSA) is 111 Å². The van der Waals surface area contributed by atoms with Crippen molar-refractivity contribution in [2.24, 2.45) is 5.92 Å². The number of carbonyl (C=O) groups is 2. The molecule has 9 nitrogen and oxygen atoms in total. The van der Waals surface area contributed by atoms with Gasteiger partial charge in [-0.3, -0.25) is 23.5 Å². The van der Waals surface area contributed by atoms with Crippen LogP contribution in [0, 0.1) is 5.92 Å². The number of carbonyl (C=O) groups excluding carboxylic acids is 2. The van der Waals surface area contributed by atoms with Crippen molar-refractivity contribution < 1.29 is 14.3 Å². The molecule has 2 N–H and O–H groups in total. The van der Waals surface area contributed by atoms with Gasteiger partial charge in [-0.15, -0.1) is 0 Å². The first-order chi connectivity index (χ1) is 17.8. The van der Waals surface area contributed by atoms with Crippen molar-refractivity contribution in [2.45, 2.75) is 59.2 Å². The SMILES string of the molecule is COc1ccc(CNC(=O)Cn2c(=O)n(CCCCC(=O)NCCC(C)C)c(=O)c3ccccc32)cc1. The number of hydrogen-bond donors (Lipinski definition) is 2. The van der Waals surface area contributed by atoms with E-state index in [0.717, 1.165) is 22.3 Å². The summed E-state index contributed by atoms with van der Waals surface area (Å²) >= 11 is 0. The maximum Gasteiger partial charge on any atom is 0.331 e. The van der Waals surface area contributed by atoms with Crippen LogP contribution in [0.15, 0.2) is 58.1 Å². The summed E-state index contributed by atoms with van der Waals surface area (Å²) in [6.07, 6.45) is 2.30. The number of amides is 2. The number of rotatable bonds is 13. The number of aromatic nitrogens is 2. The highest BCUT2D eigenvalue weighted by atomic mass is 16.5. The summed E-state index contributed by atoms with van der Waals surface area (Å²) < 4.78 is 7.64. The number of methoxy groups -OCH3 is 1. The lowest BCUT2D eigenvalue weighted by Gasteiger charge is -2.14. The molecule has 2 amide bonds. The van der Waals surface area contributed by atoms with Crippen molar-refractivity contribution in [2.75, 3.05) is 13.7 Å². The zero-order valence-corrected chi connectivity index (χ0v) is 21.8. The number of nitrogens with zero attached hydrogens (tertiary/aromatic N) is 2. The third-order valence-corrected chi connectivity index (χ3v) is 6.16. The van der Waals surface area contributed by atoms with Gasteiger partial charge in [0.2, 0.25) is 11.8 Å². The average Bonchev–Trinajstić information content (AvgIpc) is 2.89. The smallest absolute Gasteiger partial charge is 0.331 e. The van der Waals surface area contributed by atoms with Crippen molar-refractivity contribution >= 4 is 22.7 Å². The van der Waals surface area contributed by atoms with E-state index in [-0.39, 0.29) is 24.9 Å². The Balaban J connectivity index is 1.67. The largest absolute Gasteiger partial charge is 0.497 e. The second-order valence-corrected chi connectivity index (χ2v) is 9.46. The monoisotopic (exact) mass is 508 g/mol. The molecule has 198 valence electrons. The Bertz CT molecular complexity index is 1330. The Morgan fingerprint density at radius 3 is 2.35 bits per heavy atom. The molecule has 0 saturated carbocycles. The van der Waals surface area contributed by atoms with Gasteiger partial charge in [0, 0.05) is 26.1 Å². The van der Waals surface area contributed by atoms with Crippen molar-refractivity contribution in [3.8, 4) is 5.75 Å². The van der Waals surface area contributed by atoms with E-state index in [1.807, 2.05) is 24.3 Å². The summed E-state index contributed by atoms with van der Waals surface area (Å²) in [5.41, 5.74) is 0.379. The Morgan fingerprint density at radius 2 is 1.65 bits per heavy atom. The third kappa shape index (κ3) is 7.80. The summed E-state index contributed by atoms with van der Waals surface area (Å²) in [6.45, 7) is 5.11. The lowest BCUT2D eigenvalue weighted by Crippen LogP contribution is -2.42. The van der Waals surface area contributed by atoms with Gasteiger partial charge >= 0.3 is 5.69 Å². The summed E-state index contributed by atoms with van der Waals surface area (Å²) in [5, 5.41) is 6.10. The van der Waals surface area contributed by atoms with Gasteiger partial charge in [-0.1, -0.05) is 38.1 Å². The van der Waals surface area contributed by atoms with Crippen LogP contribution in [0.3, 0.4) is 0 Å². The molecule has 0 fully saturated rings. The zero-order valence-electron chi connectivity index (χ0n) is 21.8. The van der Waals surface area contributed by atoms with E-state index < -0.39 is 11.2 Å². The van der Waals surface area contributed by atoms with Crippen LogP contribution in [-0.2, 0) is 29.2 Å². The second-order valence-electron chi connectivity index (χ2n) is 9.46. The molecule has 0 spiro atoms. The Labute approximate surface area is 216 Å². The van der Waals surface area contributed by atoms with Crippen LogP contribution in [0.2, 0.25) is 0 Å². The van der Waals surface area contributed by atoms with Crippen LogP contribution in [0.25, 0.3) is 10.9 Å². The predicted molar refractivity (Wildman–Crippen MR) is 144 cm³/mol. The fraction of sp³-hybridized carbons (Fsp3) is 0.429. The first-order valence-corrected chi connectivity index (χ1v) is 12.7. The minimum absolute atomic E-state index is 0.0301. The number of fused-ring (bicyclic) bond motifs is 1. The van der Waals surface area contributed by atoms with Gasteiger partial charge < -0.3 is 15.4 Å². The summed E-state index contributed by atoms with van der Waals surface area (Å²) in [7, 11) is 1.59. The van der Waals surface area contributed by atoms with E-state index in [1.54, 1.807) is 31.4 Å². The Morgan fingerprint density at radius 1 is 0.919 bits per heavy atom. The lowest BCUT2D eigenvalue weighted by atomic mass is 10.1. The summed E-state index contributed by atoms with van der Waals surface area (Å²) in [6, 6.07) is 14.1. The summed E-state index contributed by atoms with van der Waals surface area (Å²) in [5.74, 6) is 0.873. The first kappa shape index (κ1) is 27.7. The van der Waals surface area contributed by atoms with Gasteiger partial charge in [0.05, 0.1) is 18.0 Å². The Kier molecular flexibility index (Phi) is 10.1. The van der Waals surface area contributed by atoms with Crippen LogP contribution in [0.5, 0.6) is 5.75 Å². The van der Waals surface area contributed by atoms with Gasteiger partial charge in [0.15, 0.2) is 0 Å². The summed E-state index contributed by atoms with van der Waals surface area (Å²) in [4.78, 5) is 51.1. The van der Waals surface area contributed by atoms with Crippen molar-refractivity contribution in [1.82, 2.24) is 19.8 Å². The molecule has 37 heavy (non-hydrogen) atoms. The predicted octanol–water partition coefficient (Wildman–Crippen LogP) is 2.82. The maximum atomic E-state index is 13.3. The number of benzene rings is 2. The number of unbranched alkanes of at least 4 members (excludes halogenated alkanes) is 1. The van der Waals surface area contributed by atoms with Crippen LogP contribution in [0.1, 0.15) is 45.1 Å². The molecular weight excluding hydrogens is 472 g/mol. The molecule has 0 bridgehead atoms. The fourth-order valence-electron chi connectivity index (χ4n) is 4.01. The second kappa shape index (κ2) is 13.4. The molecule has 0 unspecified atom stereocenters. The molecule has 0 aliphatic heterocycles. The molecule has 0 aliphatic rings. The highest BCUT2D eigenvalue weighted by molar-refractivity contribution is 5.81. The van der Waals surface area contributed by atoms with E-state index in [1.165, 1.54) is 4.57 Å². The lowest BCUT2D eigenvalue weighted by molar-refractivity contribution is -0.122. The molecule has 0 radical (unpaired) electrons. The van der Waals surface area contributed by atoms with E-state index in [2.05, 4.69) is 24.5 Å². The minimum atomic E-state index is -0.537. The van der Waals surface area contributed by atoms with E-state index in [9.17, 15) is 19.2 Å². The van der Waals surface area contributed by atoms with E-state index >= 15 is 0 Å². The molecule has 1 aromatic heterocycles. The van der Waals surface area contributed by atoms with Crippen molar-refractivity contribution in [1.29, 1.82) is 0 Å². The molecule has 0 aliphatic carbocycles. The number of nitrogens with one attached hydrogen (secondary N) is 2. The first-order valence-electron chi connectivity index (χ1n) is 12.7. The standard InChI is InChI=1S/C28H36N4O5/c1-20(2)15-16-29-25(33)10-6-7-17-31-27(35)23-8-4-5-9-24(23)32(28(31)36)19-26(34)30-18-21-11-13-22(37-3)14-12-21/h4-5,8-9,11-14,20H,6-7,10,15-19H2,1-3H3,(H,29,33)(H,30,34). The zero-order chi connectivity index (χ0) is 26.8. The average molecular weight is 509 g/mol. The molecular formula is C28H36N4O5. The fourth-order valence-corrected chi connectivity index (χ4v) is 4.01. The van der Waals surface area contributed by atoms with Gasteiger partial charge in [-0.05, 0) is 55.0 Å². The molecule has 3 rings (SSSR count). The van der Waals surface area contributed by atoms with Crippen molar-refractivity contribution in [3.63, 3.8) is 0 Å². The van der Waals surface area contributed by atoms with Crippen LogP contribution in [-0.4, -0.2) is 34.6 Å². The highest BCUT2D eigenvalue weighted by Crippen LogP contribution is 2.11. The van der Waals surface area contributed by atoms with Gasteiger partial charge in [-0.2, -0.15) is 0 Å². The number of para-hydroxylation sites is 1. The van der Waals surface area contributed by atoms with Gasteiger partial charge in [0.1, 0.15) is 12.3 Å². The molecule has 9 heteroatoms. The van der Waals surface area contributed by atoms with E-state index in [4.69, 9.17) is 4.74 Å². The van der Waals surface area contributed by atoms with Gasteiger partial charge in [-0.25, -0.2) is 4.79 Å². The maximum absolute atomic E-state index is 13.3. The Hall–Kier alpha value is -3.88. The third-order valence-electron chi connectivity index (χ3n) is 6.16. The molecule has 0 saturated heterocycles. The van der Waals surface area contributed by atoms with Crippen LogP contribution in [0.4, 0.5) is 0 Å². The normalized spacial score (nSPS) is 11.0. The molecule has 2 aromatic carbocycles. The van der Waals surface area contributed by atoms with Crippen LogP contribution >= 0.6 is 0 Å². The van der Waals surface area contributed by atoms with Crippen molar-refractivity contribution in [3.05, 3.63) is 74.9 Å². The van der Waals surface area contributed by atoms with E-state index in [0.29, 0.717) is 49.2 Å². The van der Waals surface area contributed by atoms with Gasteiger partial charge in [0.25, 0.3) is 5.56 Å². The molecule has 3 aromatic rings.